The predicted molar refractivity (Wildman–Crippen MR) is 47.4 cm³/mol. The number of ketones is 1. The summed E-state index contributed by atoms with van der Waals surface area (Å²) in [5, 5.41) is 0. The van der Waals surface area contributed by atoms with E-state index >= 15 is 0 Å². The van der Waals surface area contributed by atoms with Crippen molar-refractivity contribution in [3.05, 3.63) is 23.5 Å². The molecular weight excluding hydrogens is 150 g/mol. The molecule has 0 unspecified atom stereocenters. The van der Waals surface area contributed by atoms with Crippen molar-refractivity contribution in [1.29, 1.82) is 0 Å². The number of hydrogen-bond donors (Lipinski definition) is 0. The first-order valence-electron chi connectivity index (χ1n) is 4.44. The Bertz CT molecular complexity index is 276. The maximum atomic E-state index is 11.5. The van der Waals surface area contributed by atoms with Gasteiger partial charge in [0.25, 0.3) is 0 Å². The van der Waals surface area contributed by atoms with Gasteiger partial charge in [-0.1, -0.05) is 6.08 Å². The fraction of sp³-hybridized carbons (Fsp3) is 0.500. The molecule has 0 bridgehead atoms. The lowest BCUT2D eigenvalue weighted by atomic mass is 9.91. The molecule has 2 heteroatoms. The second-order valence-corrected chi connectivity index (χ2v) is 3.40. The van der Waals surface area contributed by atoms with E-state index in [0.717, 1.165) is 31.3 Å². The summed E-state index contributed by atoms with van der Waals surface area (Å²) in [7, 11) is 2.02. The summed E-state index contributed by atoms with van der Waals surface area (Å²) in [6.07, 6.45) is 7.80. The second-order valence-electron chi connectivity index (χ2n) is 3.40. The minimum absolute atomic E-state index is 0.354. The molecule has 0 saturated heterocycles. The van der Waals surface area contributed by atoms with E-state index in [0.29, 0.717) is 5.78 Å². The highest BCUT2D eigenvalue weighted by molar-refractivity contribution is 5.97. The van der Waals surface area contributed by atoms with Gasteiger partial charge in [-0.05, 0) is 25.5 Å². The maximum Gasteiger partial charge on any atom is 0.160 e. The van der Waals surface area contributed by atoms with Crippen LogP contribution in [0.5, 0.6) is 0 Å². The van der Waals surface area contributed by atoms with Crippen molar-refractivity contribution in [3.63, 3.8) is 0 Å². The Morgan fingerprint density at radius 2 is 2.25 bits per heavy atom. The molecule has 0 aromatic rings. The molecule has 0 atom stereocenters. The number of rotatable bonds is 0. The average molecular weight is 163 g/mol. The van der Waals surface area contributed by atoms with E-state index in [-0.39, 0.29) is 0 Å². The highest BCUT2D eigenvalue weighted by Gasteiger charge is 2.22. The molecule has 0 amide bonds. The van der Waals surface area contributed by atoms with Crippen molar-refractivity contribution >= 4 is 5.78 Å². The first-order valence-corrected chi connectivity index (χ1v) is 4.44. The van der Waals surface area contributed by atoms with Crippen LogP contribution in [-0.4, -0.2) is 17.7 Å². The topological polar surface area (TPSA) is 20.3 Å². The average Bonchev–Trinajstić information content (AvgIpc) is 2.07. The molecule has 0 aromatic carbocycles. The Morgan fingerprint density at radius 3 is 3.00 bits per heavy atom. The van der Waals surface area contributed by atoms with Crippen LogP contribution >= 0.6 is 0 Å². The normalized spacial score (nSPS) is 23.1. The molecule has 2 aliphatic rings. The second kappa shape index (κ2) is 2.77. The molecule has 12 heavy (non-hydrogen) atoms. The number of Topliss-reactive ketones (excluding diaryl/α,β-unsaturated/α-hetero) is 1. The summed E-state index contributed by atoms with van der Waals surface area (Å²) < 4.78 is 0. The standard InChI is InChI=1S/C10H13NO/c1-11-7-3-4-8-9(11)5-2-6-10(8)12/h3,7H,2,4-6H2,1H3. The van der Waals surface area contributed by atoms with Crippen LogP contribution in [0.15, 0.2) is 23.5 Å². The Labute approximate surface area is 72.6 Å². The molecule has 0 aromatic heterocycles. The molecule has 1 aliphatic carbocycles. The minimum atomic E-state index is 0.354. The smallest absolute Gasteiger partial charge is 0.160 e. The lowest BCUT2D eigenvalue weighted by molar-refractivity contribution is -0.116. The number of carbonyl (C=O) groups is 1. The van der Waals surface area contributed by atoms with Crippen molar-refractivity contribution in [1.82, 2.24) is 4.90 Å². The lowest BCUT2D eigenvalue weighted by Gasteiger charge is -2.28. The first-order chi connectivity index (χ1) is 5.79. The van der Waals surface area contributed by atoms with Crippen LogP contribution < -0.4 is 0 Å². The highest BCUT2D eigenvalue weighted by Crippen LogP contribution is 2.29. The van der Waals surface area contributed by atoms with Gasteiger partial charge in [0.1, 0.15) is 0 Å². The van der Waals surface area contributed by atoms with E-state index in [1.165, 1.54) is 5.70 Å². The number of nitrogens with zero attached hydrogens (tertiary/aromatic N) is 1. The van der Waals surface area contributed by atoms with Crippen molar-refractivity contribution in [2.24, 2.45) is 0 Å². The Balaban J connectivity index is 2.35. The number of hydrogen-bond acceptors (Lipinski definition) is 2. The van der Waals surface area contributed by atoms with Crippen molar-refractivity contribution in [2.45, 2.75) is 25.7 Å². The van der Waals surface area contributed by atoms with Gasteiger partial charge in [0, 0.05) is 24.7 Å². The Morgan fingerprint density at radius 1 is 1.42 bits per heavy atom. The Kier molecular flexibility index (Phi) is 1.75. The van der Waals surface area contributed by atoms with Gasteiger partial charge in [0.05, 0.1) is 0 Å². The number of allylic oxidation sites excluding steroid dienone is 3. The van der Waals surface area contributed by atoms with Crippen LogP contribution in [0.3, 0.4) is 0 Å². The molecule has 0 spiro atoms. The monoisotopic (exact) mass is 163 g/mol. The van der Waals surface area contributed by atoms with E-state index < -0.39 is 0 Å². The summed E-state index contributed by atoms with van der Waals surface area (Å²) in [4.78, 5) is 13.5. The molecule has 64 valence electrons. The van der Waals surface area contributed by atoms with E-state index in [4.69, 9.17) is 0 Å². The van der Waals surface area contributed by atoms with Crippen LogP contribution in [-0.2, 0) is 4.79 Å². The van der Waals surface area contributed by atoms with Crippen LogP contribution in [0, 0.1) is 0 Å². The fourth-order valence-electron chi connectivity index (χ4n) is 1.92. The van der Waals surface area contributed by atoms with Gasteiger partial charge >= 0.3 is 0 Å². The zero-order chi connectivity index (χ0) is 8.55. The summed E-state index contributed by atoms with van der Waals surface area (Å²) in [6.45, 7) is 0. The molecule has 1 heterocycles. The van der Waals surface area contributed by atoms with Crippen LogP contribution in [0.2, 0.25) is 0 Å². The highest BCUT2D eigenvalue weighted by atomic mass is 16.1. The van der Waals surface area contributed by atoms with Gasteiger partial charge in [0.2, 0.25) is 0 Å². The molecule has 0 radical (unpaired) electrons. The summed E-state index contributed by atoms with van der Waals surface area (Å²) in [6, 6.07) is 0. The summed E-state index contributed by atoms with van der Waals surface area (Å²) in [5.41, 5.74) is 2.29. The van der Waals surface area contributed by atoms with Crippen LogP contribution in [0.4, 0.5) is 0 Å². The molecule has 0 fully saturated rings. The van der Waals surface area contributed by atoms with Gasteiger partial charge in [-0.15, -0.1) is 0 Å². The largest absolute Gasteiger partial charge is 0.354 e. The predicted octanol–water partition coefficient (Wildman–Crippen LogP) is 1.84. The van der Waals surface area contributed by atoms with Gasteiger partial charge < -0.3 is 4.90 Å². The van der Waals surface area contributed by atoms with Gasteiger partial charge in [0.15, 0.2) is 5.78 Å². The first kappa shape index (κ1) is 7.59. The third-order valence-electron chi connectivity index (χ3n) is 2.58. The molecular formula is C10H13NO. The van der Waals surface area contributed by atoms with E-state index in [1.807, 2.05) is 7.05 Å². The van der Waals surface area contributed by atoms with Gasteiger partial charge in [-0.3, -0.25) is 4.79 Å². The van der Waals surface area contributed by atoms with Gasteiger partial charge in [-0.2, -0.15) is 0 Å². The SMILES string of the molecule is CN1C=CCC2=C1CCCC2=O. The van der Waals surface area contributed by atoms with Crippen molar-refractivity contribution in [2.75, 3.05) is 7.05 Å². The molecule has 0 saturated carbocycles. The fourth-order valence-corrected chi connectivity index (χ4v) is 1.92. The Hall–Kier alpha value is -1.05. The quantitative estimate of drug-likeness (QED) is 0.543. The third-order valence-corrected chi connectivity index (χ3v) is 2.58. The number of carbonyl (C=O) groups excluding carboxylic acids is 1. The van der Waals surface area contributed by atoms with Crippen LogP contribution in [0.25, 0.3) is 0 Å². The van der Waals surface area contributed by atoms with Crippen LogP contribution in [0.1, 0.15) is 25.7 Å². The summed E-state index contributed by atoms with van der Waals surface area (Å²) in [5.74, 6) is 0.354. The van der Waals surface area contributed by atoms with E-state index in [9.17, 15) is 4.79 Å². The third kappa shape index (κ3) is 1.07. The minimum Gasteiger partial charge on any atom is -0.354 e. The van der Waals surface area contributed by atoms with Crippen molar-refractivity contribution in [3.8, 4) is 0 Å². The van der Waals surface area contributed by atoms with Gasteiger partial charge in [-0.25, -0.2) is 0 Å². The lowest BCUT2D eigenvalue weighted by Crippen LogP contribution is -2.23. The van der Waals surface area contributed by atoms with Crippen molar-refractivity contribution < 1.29 is 4.79 Å². The zero-order valence-corrected chi connectivity index (χ0v) is 7.34. The maximum absolute atomic E-state index is 11.5. The van der Waals surface area contributed by atoms with E-state index in [1.54, 1.807) is 0 Å². The molecule has 1 aliphatic heterocycles. The summed E-state index contributed by atoms with van der Waals surface area (Å²) >= 11 is 0. The molecule has 2 rings (SSSR count). The van der Waals surface area contributed by atoms with E-state index in [2.05, 4.69) is 17.2 Å². The molecule has 2 nitrogen and oxygen atoms in total. The molecule has 0 N–H and O–H groups in total. The zero-order valence-electron chi connectivity index (χ0n) is 7.34.